The fourth-order valence-electron chi connectivity index (χ4n) is 2.74. The second-order valence-electron chi connectivity index (χ2n) is 11.3. The summed E-state index contributed by atoms with van der Waals surface area (Å²) in [6, 6.07) is 0. The predicted molar refractivity (Wildman–Crippen MR) is 137 cm³/mol. The van der Waals surface area contributed by atoms with Crippen LogP contribution < -0.4 is 0 Å². The molecule has 0 aromatic heterocycles. The van der Waals surface area contributed by atoms with Crippen LogP contribution in [0.1, 0.15) is 0 Å². The second kappa shape index (κ2) is 8.02. The number of hydrogen-bond donors (Lipinski definition) is 0. The molecule has 0 radical (unpaired) electrons. The van der Waals surface area contributed by atoms with Crippen LogP contribution in [0.15, 0.2) is 23.1 Å². The molecule has 0 nitrogen and oxygen atoms in total. The van der Waals surface area contributed by atoms with Crippen molar-refractivity contribution in [1.29, 1.82) is 0 Å². The molecule has 0 amide bonds. The van der Waals surface area contributed by atoms with Crippen molar-refractivity contribution in [2.45, 2.75) is 78.6 Å². The van der Waals surface area contributed by atoms with Crippen LogP contribution in [0, 0.1) is 0 Å². The topological polar surface area (TPSA) is 0 Å². The molecule has 0 saturated heterocycles. The van der Waals surface area contributed by atoms with Crippen molar-refractivity contribution in [3.8, 4) is 0 Å². The van der Waals surface area contributed by atoms with Gasteiger partial charge in [0.2, 0.25) is 0 Å². The van der Waals surface area contributed by atoms with E-state index in [1.54, 1.807) is 0 Å². The molecule has 0 N–H and O–H groups in total. The zero-order valence-electron chi connectivity index (χ0n) is 18.6. The van der Waals surface area contributed by atoms with E-state index in [1.165, 1.54) is 0 Å². The monoisotopic (exact) mass is 684 g/mol. The van der Waals surface area contributed by atoms with Gasteiger partial charge in [-0.3, -0.25) is 0 Å². The molecule has 148 valence electrons. The van der Waals surface area contributed by atoms with Crippen LogP contribution in [0.3, 0.4) is 0 Å². The molecule has 0 spiro atoms. The van der Waals surface area contributed by atoms with Crippen molar-refractivity contribution >= 4 is 92.1 Å². The van der Waals surface area contributed by atoms with E-state index < -0.39 is 32.3 Å². The Morgan fingerprint density at radius 2 is 0.500 bits per heavy atom. The Kier molecular flexibility index (Phi) is 7.53. The SMILES string of the molecule is C[Si](C)(C)C1=C([Si](C)(C)C)[Se]C(=C2[Se]C([Si](C)(C)C)=C([Si](C)(C)C)[Se]2)[Se]1. The van der Waals surface area contributed by atoms with Crippen molar-refractivity contribution < 1.29 is 0 Å². The first-order valence-corrected chi connectivity index (χ1v) is 30.2. The quantitative estimate of drug-likeness (QED) is 0.372. The van der Waals surface area contributed by atoms with Crippen molar-refractivity contribution in [2.24, 2.45) is 0 Å². The molecule has 0 aliphatic carbocycles. The first-order chi connectivity index (χ1) is 11.4. The van der Waals surface area contributed by atoms with Gasteiger partial charge in [0, 0.05) is 0 Å². The molecule has 8 heteroatoms. The molecule has 0 aromatic carbocycles. The Bertz CT molecular complexity index is 577. The van der Waals surface area contributed by atoms with Gasteiger partial charge in [0.1, 0.15) is 0 Å². The molecular weight excluding hydrogens is 644 g/mol. The summed E-state index contributed by atoms with van der Waals surface area (Å²) in [7, 11) is -4.62. The van der Waals surface area contributed by atoms with Crippen molar-refractivity contribution in [3.05, 3.63) is 23.1 Å². The summed E-state index contributed by atoms with van der Waals surface area (Å²) in [5, 5.41) is 0. The summed E-state index contributed by atoms with van der Waals surface area (Å²) in [5.41, 5.74) is 0. The molecule has 0 fully saturated rings. The Hall–Kier alpha value is 2.17. The van der Waals surface area contributed by atoms with E-state index >= 15 is 0 Å². The van der Waals surface area contributed by atoms with Crippen LogP contribution in [0.2, 0.25) is 78.6 Å². The molecule has 2 rings (SSSR count). The Labute approximate surface area is 192 Å². The van der Waals surface area contributed by atoms with E-state index in [-0.39, 0.29) is 0 Å². The fourth-order valence-corrected chi connectivity index (χ4v) is 46.4. The molecule has 26 heavy (non-hydrogen) atoms. The van der Waals surface area contributed by atoms with Crippen LogP contribution in [0.4, 0.5) is 0 Å². The molecular formula is C18H36Se4Si4. The zero-order chi connectivity index (χ0) is 20.3. The van der Waals surface area contributed by atoms with Gasteiger partial charge in [0.25, 0.3) is 0 Å². The summed E-state index contributed by atoms with van der Waals surface area (Å²) in [6.45, 7) is 31.3. The maximum absolute atomic E-state index is 2.61. The third-order valence-electron chi connectivity index (χ3n) is 4.08. The minimum absolute atomic E-state index is 0.721. The third kappa shape index (κ3) is 5.65. The van der Waals surface area contributed by atoms with Gasteiger partial charge in [-0.2, -0.15) is 0 Å². The minimum atomic E-state index is -1.16. The molecule has 2 aliphatic heterocycles. The van der Waals surface area contributed by atoms with Crippen molar-refractivity contribution in [3.63, 3.8) is 0 Å². The van der Waals surface area contributed by atoms with Crippen LogP contribution in [0.5, 0.6) is 0 Å². The van der Waals surface area contributed by atoms with Gasteiger partial charge < -0.3 is 0 Å². The van der Waals surface area contributed by atoms with Crippen molar-refractivity contribution in [1.82, 2.24) is 0 Å². The zero-order valence-corrected chi connectivity index (χ0v) is 29.5. The summed E-state index contributed by atoms with van der Waals surface area (Å²) < 4.78 is 12.2. The molecule has 0 atom stereocenters. The summed E-state index contributed by atoms with van der Waals surface area (Å²) in [5.74, 6) is 0. The van der Waals surface area contributed by atoms with E-state index in [1.807, 2.05) is 23.1 Å². The van der Waals surface area contributed by atoms with Gasteiger partial charge >= 0.3 is 194 Å². The summed E-state index contributed by atoms with van der Waals surface area (Å²) in [6.07, 6.45) is 0. The van der Waals surface area contributed by atoms with Crippen molar-refractivity contribution in [2.75, 3.05) is 0 Å². The average Bonchev–Trinajstić information content (AvgIpc) is 3.00. The molecule has 0 saturated carbocycles. The molecule has 2 heterocycles. The summed E-state index contributed by atoms with van der Waals surface area (Å²) >= 11 is 2.88. The molecule has 0 unspecified atom stereocenters. The fraction of sp³-hybridized carbons (Fsp3) is 0.667. The van der Waals surface area contributed by atoms with Crippen LogP contribution in [0.25, 0.3) is 0 Å². The van der Waals surface area contributed by atoms with Gasteiger partial charge in [0.15, 0.2) is 0 Å². The van der Waals surface area contributed by atoms with E-state index in [4.69, 9.17) is 0 Å². The molecule has 0 aromatic rings. The van der Waals surface area contributed by atoms with Crippen LogP contribution >= 0.6 is 0 Å². The van der Waals surface area contributed by atoms with E-state index in [0.717, 1.165) is 59.8 Å². The van der Waals surface area contributed by atoms with E-state index in [0.29, 0.717) is 0 Å². The third-order valence-corrected chi connectivity index (χ3v) is 44.5. The summed E-state index contributed by atoms with van der Waals surface area (Å²) in [4.78, 5) is 0. The number of hydrogen-bond acceptors (Lipinski definition) is 0. The van der Waals surface area contributed by atoms with Crippen LogP contribution in [-0.2, 0) is 0 Å². The van der Waals surface area contributed by atoms with Gasteiger partial charge in [0.05, 0.1) is 0 Å². The van der Waals surface area contributed by atoms with E-state index in [9.17, 15) is 0 Å². The van der Waals surface area contributed by atoms with Gasteiger partial charge in [-0.15, -0.1) is 0 Å². The predicted octanol–water partition coefficient (Wildman–Crippen LogP) is 4.89. The molecule has 2 aliphatic rings. The Morgan fingerprint density at radius 1 is 0.346 bits per heavy atom. The van der Waals surface area contributed by atoms with Crippen LogP contribution in [-0.4, -0.2) is 92.1 Å². The van der Waals surface area contributed by atoms with Gasteiger partial charge in [-0.25, -0.2) is 0 Å². The number of rotatable bonds is 4. The Balaban J connectivity index is 2.44. The van der Waals surface area contributed by atoms with Gasteiger partial charge in [-0.05, 0) is 0 Å². The second-order valence-corrected chi connectivity index (χ2v) is 45.7. The average molecular weight is 681 g/mol. The standard InChI is InChI=1S/C18H36Se4Si4/c1-23(2,3)15-16(24(4,5)6)20-13(19-15)14-21-17(25(7,8)9)18(22-14)26(10,11)12/h1-12H3. The first-order valence-electron chi connectivity index (χ1n) is 9.38. The first kappa shape index (κ1) is 24.4. The van der Waals surface area contributed by atoms with E-state index in [2.05, 4.69) is 78.6 Å². The maximum atomic E-state index is 2.61. The molecule has 0 bridgehead atoms. The van der Waals surface area contributed by atoms with Gasteiger partial charge in [-0.1, -0.05) is 0 Å². The normalized spacial score (nSPS) is 20.8. The Morgan fingerprint density at radius 3 is 0.615 bits per heavy atom.